The van der Waals surface area contributed by atoms with Gasteiger partial charge in [0, 0.05) is 40.0 Å². The van der Waals surface area contributed by atoms with E-state index in [2.05, 4.69) is 5.32 Å². The van der Waals surface area contributed by atoms with Crippen molar-refractivity contribution < 1.29 is 9.47 Å². The molecule has 152 valence electrons. The molecule has 1 aromatic heterocycles. The van der Waals surface area contributed by atoms with Gasteiger partial charge in [-0.3, -0.25) is 0 Å². The summed E-state index contributed by atoms with van der Waals surface area (Å²) in [7, 11) is 3.26. The number of halogens is 1. The van der Waals surface area contributed by atoms with Gasteiger partial charge in [0.15, 0.2) is 5.16 Å². The number of hydrogen-bond donors (Lipinski definition) is 1. The quantitative estimate of drug-likeness (QED) is 0.269. The van der Waals surface area contributed by atoms with Gasteiger partial charge in [-0.05, 0) is 29.8 Å². The fraction of sp³-hybridized carbons (Fsp3) is 0.130. The molecule has 0 aliphatic heterocycles. The van der Waals surface area contributed by atoms with E-state index < -0.39 is 0 Å². The van der Waals surface area contributed by atoms with Crippen molar-refractivity contribution in [2.75, 3.05) is 19.5 Å². The second kappa shape index (κ2) is 9.24. The average Bonchev–Trinajstić information content (AvgIpc) is 2.78. The highest BCUT2D eigenvalue weighted by Gasteiger charge is 2.10. The van der Waals surface area contributed by atoms with Crippen molar-refractivity contribution in [3.05, 3.63) is 77.3 Å². The molecule has 0 atom stereocenters. The molecule has 0 saturated heterocycles. The van der Waals surface area contributed by atoms with E-state index in [9.17, 15) is 0 Å². The molecule has 7 heteroatoms. The maximum Gasteiger partial charge on any atom is 0.190 e. The summed E-state index contributed by atoms with van der Waals surface area (Å²) in [6.45, 7) is 0. The van der Waals surface area contributed by atoms with Crippen LogP contribution in [0.15, 0.2) is 71.9 Å². The number of hydrogen-bond acceptors (Lipinski definition) is 6. The van der Waals surface area contributed by atoms with Crippen molar-refractivity contribution in [3.63, 3.8) is 0 Å². The first-order valence-electron chi connectivity index (χ1n) is 9.29. The van der Waals surface area contributed by atoms with E-state index in [1.807, 2.05) is 66.7 Å². The fourth-order valence-corrected chi connectivity index (χ4v) is 3.89. The Kier molecular flexibility index (Phi) is 6.26. The molecular weight excluding hydrogens is 418 g/mol. The van der Waals surface area contributed by atoms with Crippen LogP contribution in [-0.4, -0.2) is 24.2 Å². The van der Waals surface area contributed by atoms with Crippen LogP contribution in [0.1, 0.15) is 5.56 Å². The van der Waals surface area contributed by atoms with Gasteiger partial charge in [0.25, 0.3) is 0 Å². The molecule has 0 aliphatic carbocycles. The lowest BCUT2D eigenvalue weighted by molar-refractivity contribution is 0.395. The summed E-state index contributed by atoms with van der Waals surface area (Å²) in [6.07, 6.45) is 0. The Hall–Kier alpha value is -2.96. The topological polar surface area (TPSA) is 56.3 Å². The molecule has 0 fully saturated rings. The molecule has 0 saturated carbocycles. The molecule has 4 rings (SSSR count). The number of para-hydroxylation sites is 1. The Balaban J connectivity index is 1.66. The fourth-order valence-electron chi connectivity index (χ4n) is 2.96. The summed E-state index contributed by atoms with van der Waals surface area (Å²) in [5.41, 5.74) is 2.86. The van der Waals surface area contributed by atoms with Gasteiger partial charge in [0.2, 0.25) is 0 Å². The normalized spacial score (nSPS) is 10.8. The third-order valence-electron chi connectivity index (χ3n) is 4.48. The highest BCUT2D eigenvalue weighted by Crippen LogP contribution is 2.31. The zero-order valence-corrected chi connectivity index (χ0v) is 18.1. The number of fused-ring (bicyclic) bond motifs is 1. The summed E-state index contributed by atoms with van der Waals surface area (Å²) in [5, 5.41) is 5.76. The van der Waals surface area contributed by atoms with Crippen molar-refractivity contribution in [1.82, 2.24) is 9.97 Å². The van der Waals surface area contributed by atoms with Gasteiger partial charge in [-0.2, -0.15) is 0 Å². The smallest absolute Gasteiger partial charge is 0.190 e. The Morgan fingerprint density at radius 2 is 1.60 bits per heavy atom. The van der Waals surface area contributed by atoms with Gasteiger partial charge in [-0.1, -0.05) is 47.6 Å². The van der Waals surface area contributed by atoms with Gasteiger partial charge >= 0.3 is 0 Å². The molecule has 1 heterocycles. The number of nitrogens with one attached hydrogen (secondary N) is 1. The minimum atomic E-state index is 0.695. The molecule has 0 radical (unpaired) electrons. The first-order valence-corrected chi connectivity index (χ1v) is 10.6. The van der Waals surface area contributed by atoms with Crippen LogP contribution in [0.2, 0.25) is 5.02 Å². The Bertz CT molecular complexity index is 1150. The van der Waals surface area contributed by atoms with E-state index in [4.69, 9.17) is 31.0 Å². The predicted molar refractivity (Wildman–Crippen MR) is 123 cm³/mol. The number of ether oxygens (including phenoxy) is 2. The zero-order chi connectivity index (χ0) is 20.9. The summed E-state index contributed by atoms with van der Waals surface area (Å²) in [6, 6.07) is 21.4. The Morgan fingerprint density at radius 1 is 0.900 bits per heavy atom. The van der Waals surface area contributed by atoms with Crippen LogP contribution in [0.4, 0.5) is 11.5 Å². The third kappa shape index (κ3) is 4.78. The zero-order valence-electron chi connectivity index (χ0n) is 16.6. The lowest BCUT2D eigenvalue weighted by atomic mass is 10.2. The molecule has 4 aromatic rings. The van der Waals surface area contributed by atoms with Crippen LogP contribution < -0.4 is 14.8 Å². The van der Waals surface area contributed by atoms with E-state index in [-0.39, 0.29) is 0 Å². The second-order valence-corrected chi connectivity index (χ2v) is 7.89. The summed E-state index contributed by atoms with van der Waals surface area (Å²) < 4.78 is 10.8. The first kappa shape index (κ1) is 20.3. The summed E-state index contributed by atoms with van der Waals surface area (Å²) >= 11 is 7.56. The minimum Gasteiger partial charge on any atom is -0.497 e. The van der Waals surface area contributed by atoms with Crippen LogP contribution in [0.3, 0.4) is 0 Å². The van der Waals surface area contributed by atoms with Crippen molar-refractivity contribution >= 4 is 45.8 Å². The molecule has 0 spiro atoms. The van der Waals surface area contributed by atoms with Crippen LogP contribution in [0, 0.1) is 0 Å². The first-order chi connectivity index (χ1) is 14.6. The average molecular weight is 438 g/mol. The second-order valence-electron chi connectivity index (χ2n) is 6.51. The molecule has 3 aromatic carbocycles. The summed E-state index contributed by atoms with van der Waals surface area (Å²) in [4.78, 5) is 9.49. The minimum absolute atomic E-state index is 0.695. The van der Waals surface area contributed by atoms with Crippen LogP contribution in [0.25, 0.3) is 10.9 Å². The molecular formula is C23H20ClN3O2S. The molecule has 1 N–H and O–H groups in total. The number of benzene rings is 3. The maximum absolute atomic E-state index is 5.98. The third-order valence-corrected chi connectivity index (χ3v) is 5.65. The lowest BCUT2D eigenvalue weighted by Crippen LogP contribution is -2.00. The largest absolute Gasteiger partial charge is 0.497 e. The van der Waals surface area contributed by atoms with Gasteiger partial charge in [0.05, 0.1) is 19.7 Å². The highest BCUT2D eigenvalue weighted by atomic mass is 35.5. The maximum atomic E-state index is 5.98. The van der Waals surface area contributed by atoms with Crippen molar-refractivity contribution in [1.29, 1.82) is 0 Å². The molecule has 0 bridgehead atoms. The number of anilines is 2. The van der Waals surface area contributed by atoms with E-state index in [1.54, 1.807) is 26.0 Å². The Morgan fingerprint density at radius 3 is 2.30 bits per heavy atom. The van der Waals surface area contributed by atoms with E-state index in [1.165, 1.54) is 0 Å². The SMILES string of the molecule is COc1cc(Nc2nc(SCc3ccc(Cl)cc3)nc3ccccc23)cc(OC)c1. The summed E-state index contributed by atoms with van der Waals surface area (Å²) in [5.74, 6) is 2.89. The van der Waals surface area contributed by atoms with Gasteiger partial charge in [-0.25, -0.2) is 9.97 Å². The number of nitrogens with zero attached hydrogens (tertiary/aromatic N) is 2. The Labute approximate surface area is 184 Å². The molecule has 0 aliphatic rings. The molecule has 30 heavy (non-hydrogen) atoms. The molecule has 5 nitrogen and oxygen atoms in total. The van der Waals surface area contributed by atoms with E-state index >= 15 is 0 Å². The highest BCUT2D eigenvalue weighted by molar-refractivity contribution is 7.98. The van der Waals surface area contributed by atoms with Crippen LogP contribution >= 0.6 is 23.4 Å². The van der Waals surface area contributed by atoms with Gasteiger partial charge in [-0.15, -0.1) is 0 Å². The van der Waals surface area contributed by atoms with Gasteiger partial charge in [0.1, 0.15) is 17.3 Å². The molecule has 0 unspecified atom stereocenters. The molecule has 0 amide bonds. The number of aromatic nitrogens is 2. The monoisotopic (exact) mass is 437 g/mol. The predicted octanol–water partition coefficient (Wildman–Crippen LogP) is 6.34. The van der Waals surface area contributed by atoms with Crippen LogP contribution in [-0.2, 0) is 5.75 Å². The van der Waals surface area contributed by atoms with Gasteiger partial charge < -0.3 is 14.8 Å². The van der Waals surface area contributed by atoms with Crippen molar-refractivity contribution in [2.24, 2.45) is 0 Å². The number of methoxy groups -OCH3 is 2. The van der Waals surface area contributed by atoms with E-state index in [0.717, 1.165) is 38.7 Å². The number of thioether (sulfide) groups is 1. The standard InChI is InChI=1S/C23H20ClN3O2S/c1-28-18-11-17(12-19(13-18)29-2)25-22-20-5-3-4-6-21(20)26-23(27-22)30-14-15-7-9-16(24)10-8-15/h3-13H,14H2,1-2H3,(H,25,26,27). The van der Waals surface area contributed by atoms with E-state index in [0.29, 0.717) is 16.7 Å². The van der Waals surface area contributed by atoms with Crippen molar-refractivity contribution in [2.45, 2.75) is 10.9 Å². The van der Waals surface area contributed by atoms with Crippen LogP contribution in [0.5, 0.6) is 11.5 Å². The lowest BCUT2D eigenvalue weighted by Gasteiger charge is -2.13. The number of rotatable bonds is 7. The van der Waals surface area contributed by atoms with Crippen molar-refractivity contribution in [3.8, 4) is 11.5 Å².